The zero-order chi connectivity index (χ0) is 11.2. The maximum Gasteiger partial charge on any atom is 0.321 e. The standard InChI is InChI=1S/C10H15N3O2/c1-10(2)8-6(11-5-12-8)4-7(9(14)15)13(10)3/h5,7H,4H2,1-3H3,(H,11,12)(H,14,15)/t7-/m0/s1. The third kappa shape index (κ3) is 1.34. The largest absolute Gasteiger partial charge is 0.480 e. The minimum Gasteiger partial charge on any atom is -0.480 e. The van der Waals surface area contributed by atoms with E-state index in [1.54, 1.807) is 6.33 Å². The number of aliphatic carboxylic acids is 1. The Morgan fingerprint density at radius 2 is 2.40 bits per heavy atom. The van der Waals surface area contributed by atoms with Crippen molar-refractivity contribution in [2.24, 2.45) is 0 Å². The number of carboxylic acid groups (broad SMARTS) is 1. The maximum atomic E-state index is 11.1. The number of rotatable bonds is 1. The number of nitrogens with zero attached hydrogens (tertiary/aromatic N) is 2. The number of fused-ring (bicyclic) bond motifs is 1. The average Bonchev–Trinajstić information content (AvgIpc) is 2.59. The van der Waals surface area contributed by atoms with E-state index in [1.165, 1.54) is 0 Å². The second kappa shape index (κ2) is 3.06. The molecule has 0 amide bonds. The van der Waals surface area contributed by atoms with Crippen LogP contribution in [0.2, 0.25) is 0 Å². The van der Waals surface area contributed by atoms with Crippen LogP contribution in [-0.4, -0.2) is 39.0 Å². The topological polar surface area (TPSA) is 69.2 Å². The first-order valence-electron chi connectivity index (χ1n) is 4.93. The molecule has 5 nitrogen and oxygen atoms in total. The van der Waals surface area contributed by atoms with Crippen LogP contribution in [0.25, 0.3) is 0 Å². The molecule has 1 aromatic heterocycles. The van der Waals surface area contributed by atoms with E-state index in [-0.39, 0.29) is 5.54 Å². The van der Waals surface area contributed by atoms with E-state index < -0.39 is 12.0 Å². The van der Waals surface area contributed by atoms with Crippen molar-refractivity contribution in [3.63, 3.8) is 0 Å². The number of carbonyl (C=O) groups is 1. The molecule has 1 atom stereocenters. The molecule has 0 aromatic carbocycles. The van der Waals surface area contributed by atoms with E-state index in [0.29, 0.717) is 6.42 Å². The summed E-state index contributed by atoms with van der Waals surface area (Å²) < 4.78 is 0. The highest BCUT2D eigenvalue weighted by Crippen LogP contribution is 2.34. The van der Waals surface area contributed by atoms with Gasteiger partial charge in [0.15, 0.2) is 0 Å². The lowest BCUT2D eigenvalue weighted by Gasteiger charge is -2.42. The molecule has 2 rings (SSSR count). The third-order valence-corrected chi connectivity index (χ3v) is 3.33. The molecule has 0 aliphatic carbocycles. The smallest absolute Gasteiger partial charge is 0.321 e. The van der Waals surface area contributed by atoms with Gasteiger partial charge in [0.05, 0.1) is 17.6 Å². The summed E-state index contributed by atoms with van der Waals surface area (Å²) in [4.78, 5) is 20.2. The molecule has 0 saturated heterocycles. The van der Waals surface area contributed by atoms with Crippen molar-refractivity contribution in [2.75, 3.05) is 7.05 Å². The summed E-state index contributed by atoms with van der Waals surface area (Å²) in [5.74, 6) is -0.786. The highest BCUT2D eigenvalue weighted by atomic mass is 16.4. The van der Waals surface area contributed by atoms with Crippen molar-refractivity contribution in [1.82, 2.24) is 14.9 Å². The first-order chi connectivity index (χ1) is 6.94. The molecule has 1 aliphatic rings. The maximum absolute atomic E-state index is 11.1. The van der Waals surface area contributed by atoms with Gasteiger partial charge in [0.2, 0.25) is 0 Å². The molecule has 0 radical (unpaired) electrons. The Labute approximate surface area is 88.1 Å². The second-order valence-corrected chi connectivity index (χ2v) is 4.46. The van der Waals surface area contributed by atoms with E-state index in [2.05, 4.69) is 9.97 Å². The van der Waals surface area contributed by atoms with Crippen LogP contribution in [0.4, 0.5) is 0 Å². The Morgan fingerprint density at radius 3 is 3.00 bits per heavy atom. The summed E-state index contributed by atoms with van der Waals surface area (Å²) in [5.41, 5.74) is 1.55. The fraction of sp³-hybridized carbons (Fsp3) is 0.600. The molecule has 0 fully saturated rings. The lowest BCUT2D eigenvalue weighted by Crippen LogP contribution is -2.53. The van der Waals surface area contributed by atoms with Crippen LogP contribution in [0, 0.1) is 0 Å². The summed E-state index contributed by atoms with van der Waals surface area (Å²) >= 11 is 0. The monoisotopic (exact) mass is 209 g/mol. The van der Waals surface area contributed by atoms with Crippen LogP contribution >= 0.6 is 0 Å². The van der Waals surface area contributed by atoms with E-state index in [1.807, 2.05) is 25.8 Å². The molecular formula is C10H15N3O2. The van der Waals surface area contributed by atoms with E-state index in [0.717, 1.165) is 11.4 Å². The number of nitrogens with one attached hydrogen (secondary N) is 1. The van der Waals surface area contributed by atoms with Gasteiger partial charge in [-0.2, -0.15) is 0 Å². The average molecular weight is 209 g/mol. The van der Waals surface area contributed by atoms with Crippen LogP contribution < -0.4 is 0 Å². The molecule has 15 heavy (non-hydrogen) atoms. The Bertz CT molecular complexity index is 397. The molecule has 82 valence electrons. The van der Waals surface area contributed by atoms with Crippen LogP contribution in [0.15, 0.2) is 6.33 Å². The van der Waals surface area contributed by atoms with Gasteiger partial charge in [0.25, 0.3) is 0 Å². The molecule has 2 heterocycles. The Morgan fingerprint density at radius 1 is 1.73 bits per heavy atom. The summed E-state index contributed by atoms with van der Waals surface area (Å²) in [7, 11) is 1.83. The number of aromatic nitrogens is 2. The number of likely N-dealkylation sites (N-methyl/N-ethyl adjacent to an activating group) is 1. The number of aromatic amines is 1. The molecule has 1 aliphatic heterocycles. The highest BCUT2D eigenvalue weighted by molar-refractivity contribution is 5.74. The van der Waals surface area contributed by atoms with Crippen LogP contribution in [0.5, 0.6) is 0 Å². The van der Waals surface area contributed by atoms with Gasteiger partial charge in [-0.1, -0.05) is 0 Å². The van der Waals surface area contributed by atoms with Crippen LogP contribution in [-0.2, 0) is 16.8 Å². The quantitative estimate of drug-likeness (QED) is 0.710. The predicted octanol–water partition coefficient (Wildman–Crippen LogP) is 0.586. The third-order valence-electron chi connectivity index (χ3n) is 3.33. The van der Waals surface area contributed by atoms with Crippen molar-refractivity contribution >= 4 is 5.97 Å². The van der Waals surface area contributed by atoms with Crippen LogP contribution in [0.3, 0.4) is 0 Å². The Kier molecular flexibility index (Phi) is 2.08. The van der Waals surface area contributed by atoms with E-state index in [9.17, 15) is 4.79 Å². The van der Waals surface area contributed by atoms with Crippen molar-refractivity contribution in [2.45, 2.75) is 31.8 Å². The lowest BCUT2D eigenvalue weighted by molar-refractivity contribution is -0.145. The van der Waals surface area contributed by atoms with Gasteiger partial charge in [0.1, 0.15) is 6.04 Å². The van der Waals surface area contributed by atoms with Crippen molar-refractivity contribution in [3.8, 4) is 0 Å². The molecule has 0 bridgehead atoms. The molecule has 2 N–H and O–H groups in total. The molecule has 0 spiro atoms. The van der Waals surface area contributed by atoms with Crippen molar-refractivity contribution in [1.29, 1.82) is 0 Å². The fourth-order valence-electron chi connectivity index (χ4n) is 2.14. The molecular weight excluding hydrogens is 194 g/mol. The summed E-state index contributed by atoms with van der Waals surface area (Å²) in [6.07, 6.45) is 2.12. The number of H-pyrrole nitrogens is 1. The molecule has 1 aromatic rings. The van der Waals surface area contributed by atoms with Gasteiger partial charge in [0, 0.05) is 12.1 Å². The zero-order valence-electron chi connectivity index (χ0n) is 9.11. The molecule has 0 unspecified atom stereocenters. The first-order valence-corrected chi connectivity index (χ1v) is 4.93. The van der Waals surface area contributed by atoms with E-state index >= 15 is 0 Å². The Balaban J connectivity index is 2.48. The number of hydrogen-bond donors (Lipinski definition) is 2. The fourth-order valence-corrected chi connectivity index (χ4v) is 2.14. The summed E-state index contributed by atoms with van der Waals surface area (Å²) in [5, 5.41) is 9.13. The number of hydrogen-bond acceptors (Lipinski definition) is 3. The summed E-state index contributed by atoms with van der Waals surface area (Å²) in [6, 6.07) is -0.479. The highest BCUT2D eigenvalue weighted by Gasteiger charge is 2.42. The minimum absolute atomic E-state index is 0.337. The zero-order valence-corrected chi connectivity index (χ0v) is 9.11. The lowest BCUT2D eigenvalue weighted by atomic mass is 9.87. The van der Waals surface area contributed by atoms with Crippen LogP contribution in [0.1, 0.15) is 25.2 Å². The minimum atomic E-state index is -0.786. The van der Waals surface area contributed by atoms with Gasteiger partial charge in [-0.05, 0) is 20.9 Å². The first kappa shape index (κ1) is 10.2. The van der Waals surface area contributed by atoms with Gasteiger partial charge < -0.3 is 10.1 Å². The molecule has 5 heteroatoms. The molecule has 0 saturated carbocycles. The normalized spacial score (nSPS) is 24.9. The van der Waals surface area contributed by atoms with Gasteiger partial charge in [-0.15, -0.1) is 0 Å². The second-order valence-electron chi connectivity index (χ2n) is 4.46. The van der Waals surface area contributed by atoms with Crippen molar-refractivity contribution < 1.29 is 9.90 Å². The van der Waals surface area contributed by atoms with Gasteiger partial charge >= 0.3 is 5.97 Å². The van der Waals surface area contributed by atoms with E-state index in [4.69, 9.17) is 5.11 Å². The van der Waals surface area contributed by atoms with Crippen molar-refractivity contribution in [3.05, 3.63) is 17.7 Å². The predicted molar refractivity (Wildman–Crippen MR) is 54.5 cm³/mol. The number of carboxylic acids is 1. The van der Waals surface area contributed by atoms with Gasteiger partial charge in [-0.3, -0.25) is 9.69 Å². The Hall–Kier alpha value is -1.36. The summed E-state index contributed by atoms with van der Waals surface area (Å²) in [6.45, 7) is 3.98. The number of imidazole rings is 1. The van der Waals surface area contributed by atoms with Gasteiger partial charge in [-0.25, -0.2) is 4.98 Å². The SMILES string of the molecule is CN1[C@H](C(=O)O)Cc2[nH]cnc2C1(C)C.